The highest BCUT2D eigenvalue weighted by Crippen LogP contribution is 2.34. The minimum absolute atomic E-state index is 0.277. The van der Waals surface area contributed by atoms with Crippen LogP contribution < -0.4 is 0 Å². The van der Waals surface area contributed by atoms with Gasteiger partial charge in [0.2, 0.25) is 0 Å². The minimum Gasteiger partial charge on any atom is -0.394 e. The molecule has 1 aliphatic rings. The number of aromatic nitrogens is 4. The summed E-state index contributed by atoms with van der Waals surface area (Å²) in [6.45, 7) is 2.54. The van der Waals surface area contributed by atoms with Crippen LogP contribution in [0.5, 0.6) is 0 Å². The average Bonchev–Trinajstić information content (AvgIpc) is 3.49. The molecule has 0 amide bonds. The molecule has 8 heteroatoms. The molecule has 0 aromatic carbocycles. The second-order valence-corrected chi connectivity index (χ2v) is 10.3. The van der Waals surface area contributed by atoms with Gasteiger partial charge in [-0.25, -0.2) is 15.0 Å². The molecule has 0 saturated carbocycles. The Hall–Kier alpha value is -1.61. The van der Waals surface area contributed by atoms with Crippen LogP contribution in [0.3, 0.4) is 0 Å². The number of aliphatic hydroxyl groups excluding tert-OH is 2. The highest BCUT2D eigenvalue weighted by atomic mass is 16.6. The lowest BCUT2D eigenvalue weighted by Gasteiger charge is -2.20. The van der Waals surface area contributed by atoms with Crippen molar-refractivity contribution in [2.45, 2.75) is 134 Å². The van der Waals surface area contributed by atoms with Crippen molar-refractivity contribution in [3.05, 3.63) is 18.3 Å². The van der Waals surface area contributed by atoms with Gasteiger partial charge in [0.25, 0.3) is 0 Å². The summed E-state index contributed by atoms with van der Waals surface area (Å²) in [6, 6.07) is 0. The number of fused-ring (bicyclic) bond motifs is 1. The van der Waals surface area contributed by atoms with Crippen molar-refractivity contribution >= 4 is 11.2 Å². The first kappa shape index (κ1) is 29.0. The van der Waals surface area contributed by atoms with Gasteiger partial charge in [0.15, 0.2) is 11.5 Å². The Morgan fingerprint density at radius 2 is 1.44 bits per heavy atom. The molecule has 1 aliphatic heterocycles. The van der Waals surface area contributed by atoms with Gasteiger partial charge in [0.05, 0.1) is 19.1 Å². The smallest absolute Gasteiger partial charge is 0.180 e. The lowest BCUT2D eigenvalue weighted by Crippen LogP contribution is -2.35. The first-order valence-electron chi connectivity index (χ1n) is 14.5. The van der Waals surface area contributed by atoms with Crippen LogP contribution in [-0.2, 0) is 9.47 Å². The summed E-state index contributed by atoms with van der Waals surface area (Å²) in [5.41, 5.74) is 1.28. The molecule has 0 radical (unpaired) electrons. The van der Waals surface area contributed by atoms with Crippen LogP contribution in [0.4, 0.5) is 0 Å². The van der Waals surface area contributed by atoms with E-state index in [1.54, 1.807) is 12.5 Å². The lowest BCUT2D eigenvalue weighted by molar-refractivity contribution is -0.0426. The van der Waals surface area contributed by atoms with Crippen LogP contribution in [0.25, 0.3) is 11.2 Å². The monoisotopic (exact) mass is 504 g/mol. The van der Waals surface area contributed by atoms with Crippen molar-refractivity contribution in [1.29, 1.82) is 0 Å². The van der Waals surface area contributed by atoms with E-state index in [-0.39, 0.29) is 6.61 Å². The quantitative estimate of drug-likeness (QED) is 0.195. The zero-order valence-electron chi connectivity index (χ0n) is 22.2. The Bertz CT molecular complexity index is 833. The molecule has 2 aromatic heterocycles. The number of imidazole rings is 1. The molecule has 2 aromatic rings. The van der Waals surface area contributed by atoms with Gasteiger partial charge in [-0.15, -0.1) is 0 Å². The van der Waals surface area contributed by atoms with E-state index < -0.39 is 24.4 Å². The molecule has 1 fully saturated rings. The van der Waals surface area contributed by atoms with Gasteiger partial charge in [0, 0.05) is 6.61 Å². The zero-order valence-corrected chi connectivity index (χ0v) is 22.2. The van der Waals surface area contributed by atoms with Crippen molar-refractivity contribution in [1.82, 2.24) is 19.9 Å². The third-order valence-corrected chi connectivity index (χ3v) is 7.27. The first-order chi connectivity index (χ1) is 17.7. The van der Waals surface area contributed by atoms with Crippen LogP contribution in [-0.4, -0.2) is 61.7 Å². The average molecular weight is 505 g/mol. The second-order valence-electron chi connectivity index (χ2n) is 10.3. The van der Waals surface area contributed by atoms with Gasteiger partial charge < -0.3 is 24.7 Å². The van der Waals surface area contributed by atoms with Gasteiger partial charge in [0.1, 0.15) is 29.9 Å². The van der Waals surface area contributed by atoms with E-state index in [9.17, 15) is 10.2 Å². The van der Waals surface area contributed by atoms with Crippen LogP contribution in [0, 0.1) is 0 Å². The molecule has 3 rings (SSSR count). The van der Waals surface area contributed by atoms with Crippen molar-refractivity contribution in [3.8, 4) is 0 Å². The summed E-state index contributed by atoms with van der Waals surface area (Å²) in [7, 11) is 0. The number of rotatable bonds is 20. The Morgan fingerprint density at radius 3 is 2.03 bits per heavy atom. The van der Waals surface area contributed by atoms with Crippen molar-refractivity contribution in [2.75, 3.05) is 13.2 Å². The number of aliphatic hydroxyl groups is 2. The Labute approximate surface area is 216 Å². The fourth-order valence-corrected chi connectivity index (χ4v) is 5.04. The Balaban J connectivity index is 1.22. The highest BCUT2D eigenvalue weighted by molar-refractivity contribution is 5.68. The number of hydrogen-bond donors (Lipinski definition) is 3. The standard InChI is InChI=1S/C28H48N4O4/c1-2-3-4-5-6-7-8-9-10-11-12-13-14-15-16-17-18-35-25-24(34)23(20-33)36-26(25)28-29-19-22-27(32-28)31-21-30-22/h19,21,23-26,33-34H,2-18,20H2,1H3,(H,29,30,31,32)/t23-,24-,25-,26-/m1/s1. The van der Waals surface area contributed by atoms with Crippen LogP contribution in [0.2, 0.25) is 0 Å². The van der Waals surface area contributed by atoms with E-state index in [1.165, 1.54) is 89.9 Å². The first-order valence-corrected chi connectivity index (χ1v) is 14.5. The molecule has 3 heterocycles. The van der Waals surface area contributed by atoms with E-state index >= 15 is 0 Å². The Morgan fingerprint density at radius 1 is 0.861 bits per heavy atom. The van der Waals surface area contributed by atoms with Crippen LogP contribution >= 0.6 is 0 Å². The summed E-state index contributed by atoms with van der Waals surface area (Å²) in [4.78, 5) is 15.9. The third-order valence-electron chi connectivity index (χ3n) is 7.27. The minimum atomic E-state index is -0.917. The third kappa shape index (κ3) is 9.36. The molecule has 204 valence electrons. The topological polar surface area (TPSA) is 113 Å². The number of nitrogens with zero attached hydrogens (tertiary/aromatic N) is 3. The summed E-state index contributed by atoms with van der Waals surface area (Å²) in [6.07, 6.45) is 21.6. The fourth-order valence-electron chi connectivity index (χ4n) is 5.04. The maximum absolute atomic E-state index is 10.6. The highest BCUT2D eigenvalue weighted by Gasteiger charge is 2.46. The number of nitrogens with one attached hydrogen (secondary N) is 1. The molecular formula is C28H48N4O4. The molecule has 4 atom stereocenters. The van der Waals surface area contributed by atoms with Crippen LogP contribution in [0.1, 0.15) is 122 Å². The second kappa shape index (κ2) is 17.0. The number of hydrogen-bond acceptors (Lipinski definition) is 7. The molecule has 1 saturated heterocycles. The van der Waals surface area contributed by atoms with Crippen molar-refractivity contribution < 1.29 is 19.7 Å². The number of aromatic amines is 1. The largest absolute Gasteiger partial charge is 0.394 e. The van der Waals surface area contributed by atoms with Crippen LogP contribution in [0.15, 0.2) is 12.5 Å². The van der Waals surface area contributed by atoms with Gasteiger partial charge in [-0.2, -0.15) is 0 Å². The SMILES string of the molecule is CCCCCCCCCCCCCCCCCCO[C@@H]1[C@H](O)[C@@H](CO)O[C@H]1c1ncc2[nH]cnc2n1. The van der Waals surface area contributed by atoms with E-state index in [1.807, 2.05) is 0 Å². The van der Waals surface area contributed by atoms with E-state index in [4.69, 9.17) is 9.47 Å². The molecular weight excluding hydrogens is 456 g/mol. The molecule has 0 spiro atoms. The van der Waals surface area contributed by atoms with Gasteiger partial charge in [-0.3, -0.25) is 0 Å². The summed E-state index contributed by atoms with van der Waals surface area (Å²) in [5, 5.41) is 20.2. The number of ether oxygens (including phenoxy) is 2. The molecule has 0 bridgehead atoms. The van der Waals surface area contributed by atoms with Gasteiger partial charge in [-0.1, -0.05) is 103 Å². The number of H-pyrrole nitrogens is 1. The maximum Gasteiger partial charge on any atom is 0.180 e. The van der Waals surface area contributed by atoms with Gasteiger partial charge >= 0.3 is 0 Å². The molecule has 8 nitrogen and oxygen atoms in total. The predicted molar refractivity (Wildman–Crippen MR) is 142 cm³/mol. The normalized spacial score (nSPS) is 22.1. The summed E-state index contributed by atoms with van der Waals surface area (Å²) >= 11 is 0. The summed E-state index contributed by atoms with van der Waals surface area (Å²) in [5.74, 6) is 0.418. The van der Waals surface area contributed by atoms with E-state index in [0.29, 0.717) is 18.1 Å². The van der Waals surface area contributed by atoms with E-state index in [0.717, 1.165) is 18.4 Å². The Kier molecular flexibility index (Phi) is 13.7. The molecule has 0 aliphatic carbocycles. The zero-order chi connectivity index (χ0) is 25.4. The van der Waals surface area contributed by atoms with Gasteiger partial charge in [-0.05, 0) is 6.42 Å². The maximum atomic E-state index is 10.6. The predicted octanol–water partition coefficient (Wildman–Crippen LogP) is 5.79. The van der Waals surface area contributed by atoms with Crippen molar-refractivity contribution in [3.63, 3.8) is 0 Å². The number of unbranched alkanes of at least 4 members (excludes halogenated alkanes) is 15. The van der Waals surface area contributed by atoms with Crippen molar-refractivity contribution in [2.24, 2.45) is 0 Å². The van der Waals surface area contributed by atoms with E-state index in [2.05, 4.69) is 26.9 Å². The molecule has 0 unspecified atom stereocenters. The lowest BCUT2D eigenvalue weighted by atomic mass is 10.0. The molecule has 3 N–H and O–H groups in total. The molecule has 36 heavy (non-hydrogen) atoms. The fraction of sp³-hybridized carbons (Fsp3) is 0.821. The summed E-state index contributed by atoms with van der Waals surface area (Å²) < 4.78 is 11.9.